The summed E-state index contributed by atoms with van der Waals surface area (Å²) in [5, 5.41) is 4.36. The fourth-order valence-corrected chi connectivity index (χ4v) is 4.72. The molecule has 6 nitrogen and oxygen atoms in total. The molecule has 2 atom stereocenters. The van der Waals surface area contributed by atoms with Crippen molar-refractivity contribution in [3.8, 4) is 0 Å². The third-order valence-electron chi connectivity index (χ3n) is 5.54. The first kappa shape index (κ1) is 23.7. The Balaban J connectivity index is 1.62. The van der Waals surface area contributed by atoms with Crippen molar-refractivity contribution >= 4 is 38.9 Å². The molecule has 3 aromatic carbocycles. The molecule has 0 fully saturated rings. The average Bonchev–Trinajstić information content (AvgIpc) is 3.10. The van der Waals surface area contributed by atoms with Crippen LogP contribution in [-0.2, 0) is 9.84 Å². The molecule has 0 bridgehead atoms. The van der Waals surface area contributed by atoms with E-state index in [2.05, 4.69) is 5.32 Å². The third kappa shape index (κ3) is 4.90. The molecule has 1 aliphatic heterocycles. The molecule has 174 valence electrons. The zero-order valence-corrected chi connectivity index (χ0v) is 20.2. The molecule has 0 aliphatic carbocycles. The van der Waals surface area contributed by atoms with Gasteiger partial charge in [-0.05, 0) is 54.4 Å². The van der Waals surface area contributed by atoms with Crippen LogP contribution in [0.15, 0.2) is 84.3 Å². The molecule has 1 aliphatic rings. The second-order valence-electron chi connectivity index (χ2n) is 8.15. The largest absolute Gasteiger partial charge is 0.346 e. The second kappa shape index (κ2) is 9.44. The number of benzene rings is 3. The molecular formula is C26H23ClN2O4S. The molecule has 0 radical (unpaired) electrons. The molecule has 0 unspecified atom stereocenters. The second-order valence-corrected chi connectivity index (χ2v) is 10.5. The van der Waals surface area contributed by atoms with Crippen molar-refractivity contribution in [2.24, 2.45) is 0 Å². The van der Waals surface area contributed by atoms with Crippen LogP contribution in [0.4, 0.5) is 5.69 Å². The van der Waals surface area contributed by atoms with Crippen LogP contribution in [0.5, 0.6) is 0 Å². The minimum atomic E-state index is -3.27. The van der Waals surface area contributed by atoms with Crippen molar-refractivity contribution in [3.63, 3.8) is 0 Å². The van der Waals surface area contributed by atoms with Gasteiger partial charge in [0.25, 0.3) is 11.8 Å². The standard InChI is InChI=1S/C26H23ClN2O4S/c1-17(15-16-34(2,32)33)28-25(30)18-11-13-19(14-12-18)29-24(22-9-5-6-10-23(22)27)20-7-3-4-8-21(20)26(29)31/h3-17,24H,1-2H3,(H,28,30)/b16-15+/t17-,24+/m1/s1. The van der Waals surface area contributed by atoms with Crippen LogP contribution < -0.4 is 10.2 Å². The number of hydrogen-bond donors (Lipinski definition) is 1. The highest BCUT2D eigenvalue weighted by molar-refractivity contribution is 7.93. The summed E-state index contributed by atoms with van der Waals surface area (Å²) < 4.78 is 22.5. The highest BCUT2D eigenvalue weighted by Gasteiger charge is 2.39. The summed E-state index contributed by atoms with van der Waals surface area (Å²) in [5.41, 5.74) is 3.32. The molecule has 8 heteroatoms. The fourth-order valence-electron chi connectivity index (χ4n) is 3.96. The van der Waals surface area contributed by atoms with E-state index in [1.54, 1.807) is 48.2 Å². The maximum atomic E-state index is 13.4. The summed E-state index contributed by atoms with van der Waals surface area (Å²) in [6.07, 6.45) is 2.50. The molecule has 34 heavy (non-hydrogen) atoms. The Bertz CT molecular complexity index is 1380. The van der Waals surface area contributed by atoms with Gasteiger partial charge in [0, 0.05) is 39.5 Å². The summed E-state index contributed by atoms with van der Waals surface area (Å²) >= 11 is 6.51. The van der Waals surface area contributed by atoms with Crippen molar-refractivity contribution in [1.29, 1.82) is 0 Å². The van der Waals surface area contributed by atoms with Gasteiger partial charge in [-0.1, -0.05) is 54.1 Å². The van der Waals surface area contributed by atoms with Gasteiger partial charge in [-0.15, -0.1) is 0 Å². The number of hydrogen-bond acceptors (Lipinski definition) is 4. The lowest BCUT2D eigenvalue weighted by Gasteiger charge is -2.27. The number of sulfone groups is 1. The molecule has 1 heterocycles. The van der Waals surface area contributed by atoms with Gasteiger partial charge in [-0.3, -0.25) is 14.5 Å². The first-order chi connectivity index (χ1) is 16.2. The zero-order chi connectivity index (χ0) is 24.5. The van der Waals surface area contributed by atoms with Crippen LogP contribution in [0.1, 0.15) is 44.8 Å². The van der Waals surface area contributed by atoms with Gasteiger partial charge < -0.3 is 5.32 Å². The topological polar surface area (TPSA) is 83.6 Å². The first-order valence-electron chi connectivity index (χ1n) is 10.6. The van der Waals surface area contributed by atoms with E-state index in [9.17, 15) is 18.0 Å². The van der Waals surface area contributed by atoms with Crippen LogP contribution in [-0.4, -0.2) is 32.5 Å². The lowest BCUT2D eigenvalue weighted by molar-refractivity contribution is 0.0946. The Hall–Kier alpha value is -3.42. The molecule has 0 aromatic heterocycles. The Morgan fingerprint density at radius 3 is 2.26 bits per heavy atom. The van der Waals surface area contributed by atoms with E-state index in [-0.39, 0.29) is 11.8 Å². The normalized spacial score (nSPS) is 16.5. The minimum absolute atomic E-state index is 0.141. The summed E-state index contributed by atoms with van der Waals surface area (Å²) in [6.45, 7) is 1.68. The van der Waals surface area contributed by atoms with E-state index >= 15 is 0 Å². The van der Waals surface area contributed by atoms with Crippen LogP contribution >= 0.6 is 11.6 Å². The van der Waals surface area contributed by atoms with Gasteiger partial charge in [0.05, 0.1) is 6.04 Å². The van der Waals surface area contributed by atoms with Crippen molar-refractivity contribution in [2.45, 2.75) is 19.0 Å². The maximum absolute atomic E-state index is 13.4. The number of carbonyl (C=O) groups excluding carboxylic acids is 2. The quantitative estimate of drug-likeness (QED) is 0.535. The number of fused-ring (bicyclic) bond motifs is 1. The lowest BCUT2D eigenvalue weighted by atomic mass is 9.97. The third-order valence-corrected chi connectivity index (χ3v) is 6.54. The maximum Gasteiger partial charge on any atom is 0.259 e. The number of nitrogens with zero attached hydrogens (tertiary/aromatic N) is 1. The van der Waals surface area contributed by atoms with Crippen molar-refractivity contribution in [1.82, 2.24) is 5.32 Å². The average molecular weight is 495 g/mol. The van der Waals surface area contributed by atoms with Gasteiger partial charge in [-0.25, -0.2) is 8.42 Å². The molecule has 2 amide bonds. The molecule has 0 spiro atoms. The van der Waals surface area contributed by atoms with E-state index in [4.69, 9.17) is 11.6 Å². The minimum Gasteiger partial charge on any atom is -0.346 e. The van der Waals surface area contributed by atoms with Gasteiger partial charge in [0.1, 0.15) is 0 Å². The van der Waals surface area contributed by atoms with Crippen LogP contribution in [0.25, 0.3) is 0 Å². The van der Waals surface area contributed by atoms with Gasteiger partial charge in [0.15, 0.2) is 9.84 Å². The van der Waals surface area contributed by atoms with Crippen LogP contribution in [0.3, 0.4) is 0 Å². The van der Waals surface area contributed by atoms with E-state index in [0.717, 1.165) is 22.8 Å². The summed E-state index contributed by atoms with van der Waals surface area (Å²) in [6, 6.07) is 20.7. The molecule has 0 saturated carbocycles. The zero-order valence-electron chi connectivity index (χ0n) is 18.6. The highest BCUT2D eigenvalue weighted by Crippen LogP contribution is 2.43. The Labute approximate surface area is 203 Å². The van der Waals surface area contributed by atoms with Gasteiger partial charge >= 0.3 is 0 Å². The van der Waals surface area contributed by atoms with Crippen LogP contribution in [0, 0.1) is 0 Å². The number of rotatable bonds is 6. The smallest absolute Gasteiger partial charge is 0.259 e. The molecule has 0 saturated heterocycles. The number of anilines is 1. The summed E-state index contributed by atoms with van der Waals surface area (Å²) in [4.78, 5) is 27.6. The number of nitrogens with one attached hydrogen (secondary N) is 1. The monoisotopic (exact) mass is 494 g/mol. The number of halogens is 1. The predicted molar refractivity (Wildman–Crippen MR) is 134 cm³/mol. The van der Waals surface area contributed by atoms with E-state index in [1.807, 2.05) is 36.4 Å². The van der Waals surface area contributed by atoms with E-state index < -0.39 is 21.9 Å². The Morgan fingerprint density at radius 1 is 1.00 bits per heavy atom. The lowest BCUT2D eigenvalue weighted by Crippen LogP contribution is -2.31. The Kier molecular flexibility index (Phi) is 6.59. The van der Waals surface area contributed by atoms with Gasteiger partial charge in [0.2, 0.25) is 0 Å². The number of amides is 2. The predicted octanol–water partition coefficient (Wildman–Crippen LogP) is 4.77. The molecule has 1 N–H and O–H groups in total. The van der Waals surface area contributed by atoms with E-state index in [1.165, 1.54) is 6.08 Å². The van der Waals surface area contributed by atoms with Crippen molar-refractivity contribution < 1.29 is 18.0 Å². The number of carbonyl (C=O) groups is 2. The van der Waals surface area contributed by atoms with Crippen molar-refractivity contribution in [2.75, 3.05) is 11.2 Å². The van der Waals surface area contributed by atoms with Crippen molar-refractivity contribution in [3.05, 3.63) is 112 Å². The van der Waals surface area contributed by atoms with E-state index in [0.29, 0.717) is 21.8 Å². The summed E-state index contributed by atoms with van der Waals surface area (Å²) in [7, 11) is -3.27. The molecule has 4 rings (SSSR count). The van der Waals surface area contributed by atoms with Crippen LogP contribution in [0.2, 0.25) is 5.02 Å². The SMILES string of the molecule is C[C@H](/C=C/S(C)(=O)=O)NC(=O)c1ccc(N2C(=O)c3ccccc3[C@H]2c2ccccc2Cl)cc1. The first-order valence-corrected chi connectivity index (χ1v) is 12.9. The highest BCUT2D eigenvalue weighted by atomic mass is 35.5. The molecular weight excluding hydrogens is 472 g/mol. The Morgan fingerprint density at radius 2 is 1.62 bits per heavy atom. The van der Waals surface area contributed by atoms with Gasteiger partial charge in [-0.2, -0.15) is 0 Å². The summed E-state index contributed by atoms with van der Waals surface area (Å²) in [5.74, 6) is -0.492. The molecule has 3 aromatic rings. The fraction of sp³-hybridized carbons (Fsp3) is 0.154.